The lowest BCUT2D eigenvalue weighted by Crippen LogP contribution is -2.12. The Bertz CT molecular complexity index is 797. The number of aromatic nitrogens is 4. The molecule has 0 spiro atoms. The normalized spacial score (nSPS) is 10.5. The molecule has 8 heteroatoms. The van der Waals surface area contributed by atoms with Crippen molar-refractivity contribution in [2.75, 3.05) is 12.4 Å². The number of carbonyl (C=O) groups is 1. The molecule has 0 atom stereocenters. The second-order valence-electron chi connectivity index (χ2n) is 4.44. The van der Waals surface area contributed by atoms with E-state index in [2.05, 4.69) is 25.7 Å². The molecular formula is C14H12ClN5O2. The van der Waals surface area contributed by atoms with Crippen molar-refractivity contribution in [2.45, 2.75) is 0 Å². The Labute approximate surface area is 130 Å². The van der Waals surface area contributed by atoms with E-state index in [4.69, 9.17) is 16.3 Å². The first-order valence-corrected chi connectivity index (χ1v) is 6.75. The maximum atomic E-state index is 11.9. The molecule has 0 bridgehead atoms. The second kappa shape index (κ2) is 5.90. The molecule has 3 rings (SSSR count). The first-order chi connectivity index (χ1) is 10.7. The van der Waals surface area contributed by atoms with Crippen LogP contribution in [0.4, 0.5) is 5.82 Å². The standard InChI is InChI=1S/C14H12ClN5O2/c1-22-12-3-2-8(15)6-9(12)11-7-13(20-19-11)17-14(21)10-4-5-16-18-10/h2-7H,1H3,(H,16,18)(H2,17,19,20,21). The quantitative estimate of drug-likeness (QED) is 0.689. The number of nitrogens with one attached hydrogen (secondary N) is 3. The number of amides is 1. The zero-order valence-electron chi connectivity index (χ0n) is 11.6. The number of anilines is 1. The molecule has 0 aliphatic rings. The van der Waals surface area contributed by atoms with Crippen molar-refractivity contribution in [3.63, 3.8) is 0 Å². The molecule has 3 aromatic rings. The van der Waals surface area contributed by atoms with E-state index in [1.165, 1.54) is 6.20 Å². The molecule has 22 heavy (non-hydrogen) atoms. The van der Waals surface area contributed by atoms with Crippen LogP contribution in [0.5, 0.6) is 5.75 Å². The number of ether oxygens (including phenoxy) is 1. The van der Waals surface area contributed by atoms with Gasteiger partial charge >= 0.3 is 0 Å². The van der Waals surface area contributed by atoms with E-state index in [9.17, 15) is 4.79 Å². The highest BCUT2D eigenvalue weighted by molar-refractivity contribution is 6.31. The maximum Gasteiger partial charge on any atom is 0.274 e. The van der Waals surface area contributed by atoms with E-state index >= 15 is 0 Å². The van der Waals surface area contributed by atoms with Crippen LogP contribution >= 0.6 is 11.6 Å². The van der Waals surface area contributed by atoms with Gasteiger partial charge in [0.2, 0.25) is 0 Å². The molecule has 7 nitrogen and oxygen atoms in total. The van der Waals surface area contributed by atoms with Crippen LogP contribution in [-0.2, 0) is 0 Å². The van der Waals surface area contributed by atoms with Crippen LogP contribution < -0.4 is 10.1 Å². The highest BCUT2D eigenvalue weighted by Gasteiger charge is 2.13. The van der Waals surface area contributed by atoms with Crippen LogP contribution in [0.15, 0.2) is 36.5 Å². The second-order valence-corrected chi connectivity index (χ2v) is 4.87. The van der Waals surface area contributed by atoms with Gasteiger partial charge in [0.05, 0.1) is 12.8 Å². The molecule has 2 heterocycles. The lowest BCUT2D eigenvalue weighted by atomic mass is 10.1. The number of hydrogen-bond acceptors (Lipinski definition) is 4. The monoisotopic (exact) mass is 317 g/mol. The van der Waals surface area contributed by atoms with Crippen LogP contribution in [0.3, 0.4) is 0 Å². The number of nitrogens with zero attached hydrogens (tertiary/aromatic N) is 2. The topological polar surface area (TPSA) is 95.7 Å². The van der Waals surface area contributed by atoms with Crippen molar-refractivity contribution >= 4 is 23.3 Å². The number of hydrogen-bond donors (Lipinski definition) is 3. The van der Waals surface area contributed by atoms with Crippen LogP contribution in [0.1, 0.15) is 10.5 Å². The molecule has 2 aromatic heterocycles. The first-order valence-electron chi connectivity index (χ1n) is 6.37. The molecule has 1 amide bonds. The lowest BCUT2D eigenvalue weighted by molar-refractivity contribution is 0.102. The summed E-state index contributed by atoms with van der Waals surface area (Å²) in [5.74, 6) is 0.713. The smallest absolute Gasteiger partial charge is 0.274 e. The minimum Gasteiger partial charge on any atom is -0.496 e. The highest BCUT2D eigenvalue weighted by atomic mass is 35.5. The van der Waals surface area contributed by atoms with Crippen molar-refractivity contribution < 1.29 is 9.53 Å². The number of carbonyl (C=O) groups excluding carboxylic acids is 1. The summed E-state index contributed by atoms with van der Waals surface area (Å²) in [6.07, 6.45) is 1.50. The summed E-state index contributed by atoms with van der Waals surface area (Å²) in [5, 5.41) is 16.4. The van der Waals surface area contributed by atoms with E-state index in [1.807, 2.05) is 0 Å². The third-order valence-corrected chi connectivity index (χ3v) is 3.25. The fourth-order valence-electron chi connectivity index (χ4n) is 1.98. The summed E-state index contributed by atoms with van der Waals surface area (Å²) in [7, 11) is 1.57. The Kier molecular flexibility index (Phi) is 3.80. The molecule has 0 unspecified atom stereocenters. The van der Waals surface area contributed by atoms with Gasteiger partial charge in [-0.2, -0.15) is 10.2 Å². The summed E-state index contributed by atoms with van der Waals surface area (Å²) < 4.78 is 5.30. The zero-order valence-corrected chi connectivity index (χ0v) is 12.3. The summed E-state index contributed by atoms with van der Waals surface area (Å²) in [4.78, 5) is 11.9. The fourth-order valence-corrected chi connectivity index (χ4v) is 2.15. The number of H-pyrrole nitrogens is 2. The Hall–Kier alpha value is -2.80. The Morgan fingerprint density at radius 3 is 2.86 bits per heavy atom. The summed E-state index contributed by atoms with van der Waals surface area (Å²) in [5.41, 5.74) is 1.79. The number of aromatic amines is 2. The van der Waals surface area contributed by atoms with Crippen molar-refractivity contribution in [3.8, 4) is 17.0 Å². The lowest BCUT2D eigenvalue weighted by Gasteiger charge is -2.06. The van der Waals surface area contributed by atoms with Gasteiger partial charge in [0, 0.05) is 22.8 Å². The minimum absolute atomic E-state index is 0.325. The third-order valence-electron chi connectivity index (χ3n) is 3.02. The van der Waals surface area contributed by atoms with Gasteiger partial charge < -0.3 is 10.1 Å². The van der Waals surface area contributed by atoms with E-state index in [1.54, 1.807) is 37.4 Å². The number of benzene rings is 1. The Morgan fingerprint density at radius 2 is 2.14 bits per heavy atom. The van der Waals surface area contributed by atoms with Gasteiger partial charge in [-0.1, -0.05) is 11.6 Å². The van der Waals surface area contributed by atoms with Crippen LogP contribution in [0.25, 0.3) is 11.3 Å². The van der Waals surface area contributed by atoms with E-state index < -0.39 is 0 Å². The average Bonchev–Trinajstić information content (AvgIpc) is 3.18. The number of halogens is 1. The molecule has 1 aromatic carbocycles. The summed E-state index contributed by atoms with van der Waals surface area (Å²) >= 11 is 6.01. The van der Waals surface area contributed by atoms with Crippen molar-refractivity contribution in [3.05, 3.63) is 47.2 Å². The molecule has 0 radical (unpaired) electrons. The SMILES string of the molecule is COc1ccc(Cl)cc1-c1cc(NC(=O)c2ccn[nH]2)n[nH]1. The molecule has 0 saturated heterocycles. The summed E-state index contributed by atoms with van der Waals surface area (Å²) in [6, 6.07) is 8.53. The Morgan fingerprint density at radius 1 is 1.27 bits per heavy atom. The minimum atomic E-state index is -0.325. The maximum absolute atomic E-state index is 11.9. The molecule has 0 aliphatic carbocycles. The van der Waals surface area contributed by atoms with Gasteiger partial charge in [0.25, 0.3) is 5.91 Å². The predicted molar refractivity (Wildman–Crippen MR) is 82.1 cm³/mol. The number of rotatable bonds is 4. The highest BCUT2D eigenvalue weighted by Crippen LogP contribution is 2.32. The van der Waals surface area contributed by atoms with Crippen molar-refractivity contribution in [2.24, 2.45) is 0 Å². The van der Waals surface area contributed by atoms with E-state index in [0.717, 1.165) is 5.56 Å². The zero-order chi connectivity index (χ0) is 15.5. The molecule has 112 valence electrons. The van der Waals surface area contributed by atoms with Crippen molar-refractivity contribution in [1.29, 1.82) is 0 Å². The average molecular weight is 318 g/mol. The number of methoxy groups -OCH3 is 1. The molecule has 0 fully saturated rings. The van der Waals surface area contributed by atoms with E-state index in [0.29, 0.717) is 28.0 Å². The van der Waals surface area contributed by atoms with Crippen LogP contribution in [0.2, 0.25) is 5.02 Å². The van der Waals surface area contributed by atoms with Gasteiger partial charge in [0.15, 0.2) is 5.82 Å². The molecular weight excluding hydrogens is 306 g/mol. The van der Waals surface area contributed by atoms with E-state index in [-0.39, 0.29) is 5.91 Å². The molecule has 0 saturated carbocycles. The van der Waals surface area contributed by atoms with Crippen molar-refractivity contribution in [1.82, 2.24) is 20.4 Å². The molecule has 3 N–H and O–H groups in total. The van der Waals surface area contributed by atoms with Gasteiger partial charge in [-0.05, 0) is 24.3 Å². The fraction of sp³-hybridized carbons (Fsp3) is 0.0714. The van der Waals surface area contributed by atoms with Crippen LogP contribution in [0, 0.1) is 0 Å². The van der Waals surface area contributed by atoms with Gasteiger partial charge in [-0.15, -0.1) is 0 Å². The summed E-state index contributed by atoms with van der Waals surface area (Å²) in [6.45, 7) is 0. The Balaban J connectivity index is 1.85. The van der Waals surface area contributed by atoms with Gasteiger partial charge in [0.1, 0.15) is 11.4 Å². The van der Waals surface area contributed by atoms with Crippen LogP contribution in [-0.4, -0.2) is 33.4 Å². The predicted octanol–water partition coefficient (Wildman–Crippen LogP) is 2.71. The van der Waals surface area contributed by atoms with Gasteiger partial charge in [-0.25, -0.2) is 0 Å². The largest absolute Gasteiger partial charge is 0.496 e. The third kappa shape index (κ3) is 2.79. The van der Waals surface area contributed by atoms with Gasteiger partial charge in [-0.3, -0.25) is 15.0 Å². The first kappa shape index (κ1) is 14.2. The molecule has 0 aliphatic heterocycles.